The molecule has 0 aromatic heterocycles. The highest BCUT2D eigenvalue weighted by atomic mass is 16.8. The minimum Gasteiger partial charge on any atom is -0.493 e. The first-order chi connectivity index (χ1) is 62.4. The molecule has 45 heteroatoms. The Morgan fingerprint density at radius 1 is 0.541 bits per heavy atom. The second-order valence-corrected chi connectivity index (χ2v) is 39.7. The number of rotatable bonds is 30. The van der Waals surface area contributed by atoms with Crippen molar-refractivity contribution in [2.75, 3.05) is 61.0 Å². The molecule has 45 nitrogen and oxygen atoms in total. The van der Waals surface area contributed by atoms with Crippen molar-refractivity contribution < 1.29 is 221 Å². The second-order valence-electron chi connectivity index (χ2n) is 39.7. The number of allylic oxidation sites excluding steroid dienone is 1. The van der Waals surface area contributed by atoms with Crippen molar-refractivity contribution in [3.63, 3.8) is 0 Å². The third-order valence-electron chi connectivity index (χ3n) is 30.6. The molecule has 7 saturated heterocycles. The third-order valence-corrected chi connectivity index (χ3v) is 30.6. The number of carbonyl (C=O) groups excluding carboxylic acids is 3. The van der Waals surface area contributed by atoms with Gasteiger partial charge in [0.25, 0.3) is 0 Å². The molecule has 21 N–H and O–H groups in total. The molecular weight excluding hydrogens is 1780 g/mol. The molecule has 0 spiro atoms. The molecule has 43 atom stereocenters. The molecule has 4 saturated carbocycles. The maximum absolute atomic E-state index is 16.8. The van der Waals surface area contributed by atoms with Gasteiger partial charge in [0.15, 0.2) is 67.0 Å². The number of benzene rings is 1. The Bertz CT molecular complexity index is 4260. The molecular formula is C88H132O45. The molecule has 7 heterocycles. The van der Waals surface area contributed by atoms with Gasteiger partial charge in [0.05, 0.1) is 108 Å². The fraction of sp³-hybridized carbons (Fsp3) is 0.830. The average Bonchev–Trinajstić information content (AvgIpc) is 1.10. The number of hydrogen-bond acceptors (Lipinski definition) is 43. The van der Waals surface area contributed by atoms with Crippen molar-refractivity contribution in [2.45, 2.75) is 347 Å². The highest BCUT2D eigenvalue weighted by Gasteiger charge is 2.75. The number of carboxylic acid groups (broad SMARTS) is 2. The molecule has 0 bridgehead atoms. The van der Waals surface area contributed by atoms with E-state index in [2.05, 4.69) is 0 Å². The minimum atomic E-state index is -2.62. The zero-order chi connectivity index (χ0) is 97.5. The van der Waals surface area contributed by atoms with Gasteiger partial charge in [0.2, 0.25) is 12.0 Å². The molecule has 1 aromatic rings. The Morgan fingerprint density at radius 3 is 1.68 bits per heavy atom. The van der Waals surface area contributed by atoms with Crippen molar-refractivity contribution in [3.05, 3.63) is 35.4 Å². The van der Waals surface area contributed by atoms with Gasteiger partial charge in [0, 0.05) is 11.5 Å². The minimum absolute atomic E-state index is 0.0177. The molecule has 12 aliphatic rings. The van der Waals surface area contributed by atoms with Gasteiger partial charge >= 0.3 is 29.8 Å². The SMILES string of the molecule is COc1cc(C=CC(=O)OC2C(C)OC(OC(=O)C34CCC(C)(C)CC3C3=CCC5C6(C)CC(O)C(OC7OC(CO)C(O)C(O)C7O)C(C)(C(=O)O)C6CCC5(C)C3(CO)CC4)C(OC3OC(C)C(OC4OCC(OC5OC(CO)C(O)C(O)C5O)C(O)C4O)C(OC4OCC(O)(COC(=O)CC(C)(O)CC(=O)O)C4O)C3O)C2OC2OC(C)C(O)C(O)C2O)cc(OC)c1OC. The van der Waals surface area contributed by atoms with Crippen LogP contribution in [-0.4, -0.2) is 412 Å². The van der Waals surface area contributed by atoms with Crippen LogP contribution in [0.3, 0.4) is 0 Å². The summed E-state index contributed by atoms with van der Waals surface area (Å²) in [6.07, 6.45) is -59.3. The monoisotopic (exact) mass is 1910 g/mol. The summed E-state index contributed by atoms with van der Waals surface area (Å²) in [7, 11) is 4.09. The summed E-state index contributed by atoms with van der Waals surface area (Å²) in [5, 5.41) is 237. The van der Waals surface area contributed by atoms with Gasteiger partial charge in [-0.1, -0.05) is 39.3 Å². The van der Waals surface area contributed by atoms with E-state index in [1.165, 1.54) is 67.2 Å². The lowest BCUT2D eigenvalue weighted by molar-refractivity contribution is -0.398. The summed E-state index contributed by atoms with van der Waals surface area (Å²) in [5.74, 6) is -7.73. The van der Waals surface area contributed by atoms with Gasteiger partial charge in [0.1, 0.15) is 129 Å². The van der Waals surface area contributed by atoms with E-state index in [1.54, 1.807) is 0 Å². The molecule has 0 amide bonds. The molecule has 133 heavy (non-hydrogen) atoms. The number of aliphatic carboxylic acids is 2. The highest BCUT2D eigenvalue weighted by molar-refractivity contribution is 5.87. The molecule has 11 fully saturated rings. The maximum Gasteiger partial charge on any atom is 0.331 e. The third kappa shape index (κ3) is 19.6. The number of methoxy groups -OCH3 is 3. The topological polar surface area (TPSA) is 686 Å². The van der Waals surface area contributed by atoms with E-state index in [0.717, 1.165) is 13.0 Å². The van der Waals surface area contributed by atoms with Crippen molar-refractivity contribution in [1.82, 2.24) is 0 Å². The average molecular weight is 1910 g/mol. The quantitative estimate of drug-likeness (QED) is 0.0113. The Balaban J connectivity index is 0.870. The predicted molar refractivity (Wildman–Crippen MR) is 440 cm³/mol. The molecule has 13 rings (SSSR count). The number of fused-ring (bicyclic) bond motifs is 7. The standard InChI is InChI=1S/C88H132O45/c1-35-52(97)56(101)60(105)73(121-35)130-68-65(127-50(95)16-13-38-23-42(115-10)66(117-12)43(24-38)116-11)37(3)123-77(133-80(112)86-20-19-81(4,5)25-40(86)39-14-15-47-83(7)26-41(92)71(132-75-62(107)58(103)54(99)45(30-90)125-75)85(9,79(110)111)48(83)17-18-84(47,8)87(39,32-91)22-21-86)69(68)131-76-63(108)67(129-78-70(109)88(114,34-120-78)33-119-51(96)28-82(6,113)27-49(93)94)64(36(2)122-76)128-72-59(104)55(100)46(31-118-72)126-74-61(106)57(102)53(98)44(29-89)124-74/h13-14,16,23-24,35-37,40-41,44-48,52-65,67-78,89-92,97-109,113-114H,15,17-22,25-34H2,1-12H3,(H,93,94)(H,110,111). The van der Waals surface area contributed by atoms with Gasteiger partial charge in [-0.25, -0.2) is 4.79 Å². The van der Waals surface area contributed by atoms with Crippen molar-refractivity contribution in [1.29, 1.82) is 0 Å². The lowest BCUT2D eigenvalue weighted by Gasteiger charge is -2.71. The van der Waals surface area contributed by atoms with Crippen molar-refractivity contribution in [3.8, 4) is 17.2 Å². The van der Waals surface area contributed by atoms with Crippen molar-refractivity contribution >= 4 is 35.9 Å². The molecule has 7 aliphatic heterocycles. The van der Waals surface area contributed by atoms with E-state index in [9.17, 15) is 126 Å². The normalized spacial score (nSPS) is 46.8. The zero-order valence-corrected chi connectivity index (χ0v) is 75.9. The number of ether oxygens (including phenoxy) is 19. The summed E-state index contributed by atoms with van der Waals surface area (Å²) >= 11 is 0. The first kappa shape index (κ1) is 105. The van der Waals surface area contributed by atoms with Crippen LogP contribution >= 0.6 is 0 Å². The molecule has 43 unspecified atom stereocenters. The van der Waals surface area contributed by atoms with E-state index >= 15 is 4.79 Å². The van der Waals surface area contributed by atoms with Crippen LogP contribution in [0.4, 0.5) is 0 Å². The maximum atomic E-state index is 16.8. The van der Waals surface area contributed by atoms with Gasteiger partial charge in [-0.15, -0.1) is 0 Å². The smallest absolute Gasteiger partial charge is 0.331 e. The van der Waals surface area contributed by atoms with E-state index < -0.39 is 347 Å². The fourth-order valence-electron chi connectivity index (χ4n) is 23.1. The van der Waals surface area contributed by atoms with Crippen LogP contribution < -0.4 is 14.2 Å². The van der Waals surface area contributed by atoms with Crippen LogP contribution in [0.1, 0.15) is 139 Å². The fourth-order valence-corrected chi connectivity index (χ4v) is 23.1. The van der Waals surface area contributed by atoms with Crippen LogP contribution in [0.5, 0.6) is 17.2 Å². The number of hydrogen-bond donors (Lipinski definition) is 21. The lowest BCUT2D eigenvalue weighted by atomic mass is 9.33. The predicted octanol–water partition coefficient (Wildman–Crippen LogP) is -4.74. The number of aliphatic hydroxyl groups excluding tert-OH is 17. The molecule has 0 radical (unpaired) electrons. The summed E-state index contributed by atoms with van der Waals surface area (Å²) < 4.78 is 116. The van der Waals surface area contributed by atoms with Crippen LogP contribution in [0.15, 0.2) is 29.9 Å². The first-order valence-electron chi connectivity index (χ1n) is 44.9. The van der Waals surface area contributed by atoms with E-state index in [-0.39, 0.29) is 68.6 Å². The summed E-state index contributed by atoms with van der Waals surface area (Å²) in [4.78, 5) is 70.5. The summed E-state index contributed by atoms with van der Waals surface area (Å²) in [5.41, 5.74) is -11.1. The van der Waals surface area contributed by atoms with E-state index in [4.69, 9.17) is 90.0 Å². The zero-order valence-electron chi connectivity index (χ0n) is 75.9. The second kappa shape index (κ2) is 40.4. The Labute approximate surface area is 765 Å². The van der Waals surface area contributed by atoms with Gasteiger partial charge in [-0.3, -0.25) is 19.2 Å². The Hall–Kier alpha value is -5.83. The summed E-state index contributed by atoms with van der Waals surface area (Å²) in [6.45, 7) is 9.47. The van der Waals surface area contributed by atoms with Gasteiger partial charge in [-0.2, -0.15) is 0 Å². The van der Waals surface area contributed by atoms with Crippen LogP contribution in [-0.2, 0) is 99.8 Å². The Morgan fingerprint density at radius 2 is 1.09 bits per heavy atom. The number of aliphatic hydroxyl groups is 19. The van der Waals surface area contributed by atoms with Crippen LogP contribution in [0, 0.1) is 50.2 Å². The Kier molecular flexibility index (Phi) is 31.8. The lowest BCUT2D eigenvalue weighted by Crippen LogP contribution is -2.71. The largest absolute Gasteiger partial charge is 0.493 e. The summed E-state index contributed by atoms with van der Waals surface area (Å²) in [6, 6.07) is 3.00. The molecule has 5 aliphatic carbocycles. The van der Waals surface area contributed by atoms with E-state index in [0.29, 0.717) is 17.6 Å². The van der Waals surface area contributed by atoms with Gasteiger partial charge in [-0.05, 0) is 150 Å². The highest BCUT2D eigenvalue weighted by Crippen LogP contribution is 2.76. The molecule has 754 valence electrons. The van der Waals surface area contributed by atoms with E-state index in [1.807, 2.05) is 33.8 Å². The van der Waals surface area contributed by atoms with Gasteiger partial charge < -0.3 is 197 Å². The first-order valence-corrected chi connectivity index (χ1v) is 44.9. The van der Waals surface area contributed by atoms with Crippen molar-refractivity contribution in [2.24, 2.45) is 50.2 Å². The van der Waals surface area contributed by atoms with Crippen LogP contribution in [0.25, 0.3) is 6.08 Å². The number of carboxylic acids is 2. The van der Waals surface area contributed by atoms with Crippen LogP contribution in [0.2, 0.25) is 0 Å². The molecule has 1 aromatic carbocycles. The number of esters is 3. The number of carbonyl (C=O) groups is 5.